The minimum absolute atomic E-state index is 0.0245. The smallest absolute Gasteiger partial charge is 0.416 e. The molecule has 0 saturated carbocycles. The highest BCUT2D eigenvalue weighted by atomic mass is 19.4. The summed E-state index contributed by atoms with van der Waals surface area (Å²) in [5.41, 5.74) is 0.253. The number of carbonyl (C=O) groups is 1. The summed E-state index contributed by atoms with van der Waals surface area (Å²) in [6.45, 7) is 6.14. The maximum atomic E-state index is 13.4. The summed E-state index contributed by atoms with van der Waals surface area (Å²) in [7, 11) is 1.79. The van der Waals surface area contributed by atoms with E-state index in [4.69, 9.17) is 9.47 Å². The number of nitrogens with zero attached hydrogens (tertiary/aromatic N) is 4. The zero-order chi connectivity index (χ0) is 25.4. The molecule has 1 aromatic heterocycles. The van der Waals surface area contributed by atoms with E-state index in [9.17, 15) is 18.0 Å². The summed E-state index contributed by atoms with van der Waals surface area (Å²) in [4.78, 5) is 13.8. The fourth-order valence-corrected chi connectivity index (χ4v) is 3.95. The second kappa shape index (κ2) is 12.5. The fraction of sp³-hybridized carbons (Fsp3) is 0.625. The second-order valence-corrected chi connectivity index (χ2v) is 9.25. The topological polar surface area (TPSA) is 81.5 Å². The lowest BCUT2D eigenvalue weighted by Crippen LogP contribution is -2.42. The van der Waals surface area contributed by atoms with Gasteiger partial charge in [-0.25, -0.2) is 0 Å². The number of halogens is 3. The molecule has 1 N–H and O–H groups in total. The standard InChI is InChI=1S/C24H34F3N5O3/c1-17-11-28-18(2)15-35-23(33)9-6-10-32-13-20(29-30-32)16-34-22(17)14-31(3)12-19-7-4-5-8-21(19)24(25,26)27/h4-5,7-8,13,17-18,22,28H,6,9-12,14-16H2,1-3H3/t17-,18-,22-/m0/s1. The van der Waals surface area contributed by atoms with Gasteiger partial charge in [0, 0.05) is 38.6 Å². The van der Waals surface area contributed by atoms with Crippen LogP contribution in [0.5, 0.6) is 0 Å². The minimum atomic E-state index is -4.40. The van der Waals surface area contributed by atoms with Gasteiger partial charge in [-0.05, 0) is 37.9 Å². The van der Waals surface area contributed by atoms with Crippen molar-refractivity contribution in [2.24, 2.45) is 5.92 Å². The molecule has 0 radical (unpaired) electrons. The normalized spacial score (nSPS) is 23.3. The number of benzene rings is 1. The Kier molecular flexibility index (Phi) is 9.64. The van der Waals surface area contributed by atoms with E-state index in [0.717, 1.165) is 6.07 Å². The number of aryl methyl sites for hydroxylation is 1. The number of hydrogen-bond donors (Lipinski definition) is 1. The number of likely N-dealkylation sites (N-methyl/N-ethyl adjacent to an activating group) is 1. The number of aromatic nitrogens is 3. The largest absolute Gasteiger partial charge is 0.464 e. The third kappa shape index (κ3) is 8.59. The molecule has 2 aromatic rings. The first-order valence-electron chi connectivity index (χ1n) is 11.8. The number of fused-ring (bicyclic) bond motifs is 2. The molecule has 0 saturated heterocycles. The van der Waals surface area contributed by atoms with Crippen LogP contribution in [0.3, 0.4) is 0 Å². The second-order valence-electron chi connectivity index (χ2n) is 9.25. The third-order valence-corrected chi connectivity index (χ3v) is 5.97. The molecule has 11 heteroatoms. The van der Waals surface area contributed by atoms with Gasteiger partial charge in [0.1, 0.15) is 12.3 Å². The van der Waals surface area contributed by atoms with Crippen molar-refractivity contribution < 1.29 is 27.4 Å². The van der Waals surface area contributed by atoms with Gasteiger partial charge in [-0.1, -0.05) is 30.3 Å². The molecule has 2 bridgehead atoms. The van der Waals surface area contributed by atoms with Crippen molar-refractivity contribution in [2.75, 3.05) is 26.7 Å². The summed E-state index contributed by atoms with van der Waals surface area (Å²) in [6.07, 6.45) is -2.01. The van der Waals surface area contributed by atoms with Gasteiger partial charge < -0.3 is 14.8 Å². The molecule has 1 aromatic carbocycles. The van der Waals surface area contributed by atoms with Gasteiger partial charge in [-0.3, -0.25) is 14.4 Å². The monoisotopic (exact) mass is 497 g/mol. The van der Waals surface area contributed by atoms with Gasteiger partial charge >= 0.3 is 12.1 Å². The Balaban J connectivity index is 1.70. The predicted octanol–water partition coefficient (Wildman–Crippen LogP) is 3.27. The summed E-state index contributed by atoms with van der Waals surface area (Å²) < 4.78 is 53.5. The Morgan fingerprint density at radius 1 is 1.26 bits per heavy atom. The van der Waals surface area contributed by atoms with Crippen LogP contribution in [-0.4, -0.2) is 64.8 Å². The molecule has 3 rings (SSSR count). The van der Waals surface area contributed by atoms with Gasteiger partial charge in [0.25, 0.3) is 0 Å². The number of alkyl halides is 3. The summed E-state index contributed by atoms with van der Waals surface area (Å²) in [5.74, 6) is -0.225. The number of ether oxygens (including phenoxy) is 2. The quantitative estimate of drug-likeness (QED) is 0.650. The van der Waals surface area contributed by atoms with Crippen molar-refractivity contribution in [3.05, 3.63) is 47.3 Å². The van der Waals surface area contributed by atoms with E-state index in [2.05, 4.69) is 15.6 Å². The van der Waals surface area contributed by atoms with Gasteiger partial charge in [-0.2, -0.15) is 13.2 Å². The van der Waals surface area contributed by atoms with E-state index in [0.29, 0.717) is 38.2 Å². The van der Waals surface area contributed by atoms with Gasteiger partial charge in [0.05, 0.1) is 24.5 Å². The molecule has 0 aliphatic carbocycles. The van der Waals surface area contributed by atoms with Crippen LogP contribution in [0, 0.1) is 5.92 Å². The average Bonchev–Trinajstić information content (AvgIpc) is 3.25. The molecular formula is C24H34F3N5O3. The molecule has 8 nitrogen and oxygen atoms in total. The number of esters is 1. The van der Waals surface area contributed by atoms with Crippen LogP contribution in [0.1, 0.15) is 43.5 Å². The lowest BCUT2D eigenvalue weighted by molar-refractivity contribution is -0.144. The molecule has 194 valence electrons. The van der Waals surface area contributed by atoms with Crippen LogP contribution in [-0.2, 0) is 40.1 Å². The van der Waals surface area contributed by atoms with Gasteiger partial charge in [0.2, 0.25) is 0 Å². The van der Waals surface area contributed by atoms with E-state index < -0.39 is 11.7 Å². The molecule has 0 spiro atoms. The van der Waals surface area contributed by atoms with Crippen LogP contribution in [0.2, 0.25) is 0 Å². The van der Waals surface area contributed by atoms with E-state index in [-0.39, 0.29) is 49.4 Å². The van der Waals surface area contributed by atoms with Crippen LogP contribution in [0.15, 0.2) is 30.5 Å². The first-order chi connectivity index (χ1) is 16.6. The third-order valence-electron chi connectivity index (χ3n) is 5.97. The van der Waals surface area contributed by atoms with Crippen molar-refractivity contribution in [2.45, 2.75) is 64.7 Å². The number of rotatable bonds is 4. The van der Waals surface area contributed by atoms with Crippen LogP contribution < -0.4 is 5.32 Å². The first-order valence-corrected chi connectivity index (χ1v) is 11.8. The number of carbonyl (C=O) groups excluding carboxylic acids is 1. The van der Waals surface area contributed by atoms with Crippen molar-refractivity contribution in [1.29, 1.82) is 0 Å². The number of cyclic esters (lactones) is 1. The summed E-state index contributed by atoms with van der Waals surface area (Å²) in [5, 5.41) is 11.6. The Labute approximate surface area is 203 Å². The van der Waals surface area contributed by atoms with Gasteiger partial charge in [-0.15, -0.1) is 5.10 Å². The molecule has 35 heavy (non-hydrogen) atoms. The molecular weight excluding hydrogens is 463 g/mol. The summed E-state index contributed by atoms with van der Waals surface area (Å²) in [6, 6.07) is 5.59. The highest BCUT2D eigenvalue weighted by molar-refractivity contribution is 5.69. The Bertz CT molecular complexity index is 952. The average molecular weight is 498 g/mol. The number of hydrogen-bond acceptors (Lipinski definition) is 7. The van der Waals surface area contributed by atoms with Crippen molar-refractivity contribution >= 4 is 5.97 Å². The Morgan fingerprint density at radius 3 is 2.80 bits per heavy atom. The lowest BCUT2D eigenvalue weighted by atomic mass is 10.0. The van der Waals surface area contributed by atoms with Crippen LogP contribution in [0.4, 0.5) is 13.2 Å². The number of nitrogens with one attached hydrogen (secondary N) is 1. The lowest BCUT2D eigenvalue weighted by Gasteiger charge is -2.30. The van der Waals surface area contributed by atoms with Crippen molar-refractivity contribution in [3.63, 3.8) is 0 Å². The predicted molar refractivity (Wildman–Crippen MR) is 123 cm³/mol. The zero-order valence-electron chi connectivity index (χ0n) is 20.4. The first kappa shape index (κ1) is 27.1. The molecule has 0 amide bonds. The van der Waals surface area contributed by atoms with E-state index in [1.807, 2.05) is 18.7 Å². The molecule has 1 aliphatic rings. The van der Waals surface area contributed by atoms with Crippen LogP contribution >= 0.6 is 0 Å². The molecule has 3 atom stereocenters. The van der Waals surface area contributed by atoms with Gasteiger partial charge in [0.15, 0.2) is 0 Å². The van der Waals surface area contributed by atoms with E-state index in [1.165, 1.54) is 12.1 Å². The molecule has 0 unspecified atom stereocenters. The minimum Gasteiger partial charge on any atom is -0.464 e. The SMILES string of the molecule is C[C@H]1COC(=O)CCCn2cc(nn2)CO[C@@H](CN(C)Cc2ccccc2C(F)(F)F)[C@@H](C)CN1. The molecule has 0 fully saturated rings. The molecule has 1 aliphatic heterocycles. The fourth-order valence-electron chi connectivity index (χ4n) is 3.95. The Hall–Kier alpha value is -2.50. The zero-order valence-corrected chi connectivity index (χ0v) is 20.4. The van der Waals surface area contributed by atoms with Crippen molar-refractivity contribution in [3.8, 4) is 0 Å². The Morgan fingerprint density at radius 2 is 2.03 bits per heavy atom. The maximum absolute atomic E-state index is 13.4. The van der Waals surface area contributed by atoms with Crippen molar-refractivity contribution in [1.82, 2.24) is 25.2 Å². The van der Waals surface area contributed by atoms with Crippen LogP contribution in [0.25, 0.3) is 0 Å². The van der Waals surface area contributed by atoms with E-state index >= 15 is 0 Å². The molecule has 2 heterocycles. The van der Waals surface area contributed by atoms with E-state index in [1.54, 1.807) is 24.0 Å². The maximum Gasteiger partial charge on any atom is 0.416 e. The summed E-state index contributed by atoms with van der Waals surface area (Å²) >= 11 is 0. The highest BCUT2D eigenvalue weighted by Gasteiger charge is 2.33. The highest BCUT2D eigenvalue weighted by Crippen LogP contribution is 2.32.